The van der Waals surface area contributed by atoms with Crippen LogP contribution in [0, 0.1) is 0 Å². The van der Waals surface area contributed by atoms with Gasteiger partial charge in [0.15, 0.2) is 0 Å². The highest BCUT2D eigenvalue weighted by atomic mass is 32.2. The summed E-state index contributed by atoms with van der Waals surface area (Å²) >= 11 is 1.63. The Bertz CT molecular complexity index is 1150. The smallest absolute Gasteiger partial charge is 0.142 e. The van der Waals surface area contributed by atoms with Gasteiger partial charge >= 0.3 is 0 Å². The van der Waals surface area contributed by atoms with Gasteiger partial charge in [-0.2, -0.15) is 0 Å². The minimum atomic E-state index is 0.992. The second-order valence-electron chi connectivity index (χ2n) is 7.24. The molecular weight excluding hydrogens is 388 g/mol. The van der Waals surface area contributed by atoms with E-state index in [-0.39, 0.29) is 0 Å². The Morgan fingerprint density at radius 2 is 1.80 bits per heavy atom. The van der Waals surface area contributed by atoms with Crippen molar-refractivity contribution in [2.45, 2.75) is 25.2 Å². The Hall–Kier alpha value is -2.92. The first-order valence-electron chi connectivity index (χ1n) is 10.5. The molecule has 2 aromatic heterocycles. The van der Waals surface area contributed by atoms with E-state index in [1.165, 1.54) is 32.7 Å². The molecule has 0 bridgehead atoms. The molecule has 5 heteroatoms. The first-order valence-corrected chi connectivity index (χ1v) is 11.3. The van der Waals surface area contributed by atoms with Gasteiger partial charge in [0.05, 0.1) is 11.1 Å². The van der Waals surface area contributed by atoms with Crippen molar-refractivity contribution in [2.24, 2.45) is 7.05 Å². The molecule has 0 saturated carbocycles. The molecular formula is C25H28N4S. The predicted octanol–water partition coefficient (Wildman–Crippen LogP) is 6.38. The van der Waals surface area contributed by atoms with Gasteiger partial charge in [0.25, 0.3) is 0 Å². The number of fused-ring (bicyclic) bond motifs is 2. The molecule has 154 valence electrons. The second-order valence-corrected chi connectivity index (χ2v) is 8.12. The molecule has 30 heavy (non-hydrogen) atoms. The number of benzene rings is 2. The molecule has 5 rings (SSSR count). The third kappa shape index (κ3) is 3.77. The minimum absolute atomic E-state index is 0.992. The lowest BCUT2D eigenvalue weighted by Crippen LogP contribution is -2.12. The van der Waals surface area contributed by atoms with E-state index in [9.17, 15) is 0 Å². The fourth-order valence-corrected chi connectivity index (χ4v) is 4.63. The Morgan fingerprint density at radius 1 is 1.00 bits per heavy atom. The normalized spacial score (nSPS) is 12.5. The number of pyridine rings is 1. The molecule has 0 unspecified atom stereocenters. The van der Waals surface area contributed by atoms with Crippen molar-refractivity contribution < 1.29 is 0 Å². The summed E-state index contributed by atoms with van der Waals surface area (Å²) in [7, 11) is 4.23. The standard InChI is InChI=1S/C23H22N4S.C2H6/c1-26-13-11-17-14-16(8-9-21(17)26)19-15-27(2)23-22(19)20(10-12-24-23)25-28-18-6-4-3-5-7-18;1-2/h3-10,12,14-15H,11,13H2,1-2H3,(H,24,25);1-2H3. The molecule has 0 aliphatic carbocycles. The van der Waals surface area contributed by atoms with E-state index < -0.39 is 0 Å². The zero-order valence-electron chi connectivity index (χ0n) is 18.0. The molecule has 0 amide bonds. The van der Waals surface area contributed by atoms with E-state index >= 15 is 0 Å². The van der Waals surface area contributed by atoms with Crippen molar-refractivity contribution in [1.29, 1.82) is 0 Å². The summed E-state index contributed by atoms with van der Waals surface area (Å²) in [5.74, 6) is 0. The van der Waals surface area contributed by atoms with Crippen molar-refractivity contribution in [2.75, 3.05) is 23.2 Å². The maximum atomic E-state index is 4.63. The summed E-state index contributed by atoms with van der Waals surface area (Å²) in [6, 6.07) is 19.3. The lowest BCUT2D eigenvalue weighted by atomic mass is 10.0. The monoisotopic (exact) mass is 416 g/mol. The molecule has 3 heterocycles. The molecule has 1 N–H and O–H groups in total. The Kier molecular flexibility index (Phi) is 6.00. The van der Waals surface area contributed by atoms with Crippen LogP contribution in [-0.4, -0.2) is 23.1 Å². The van der Waals surface area contributed by atoms with Crippen LogP contribution in [-0.2, 0) is 13.5 Å². The molecule has 0 atom stereocenters. The van der Waals surface area contributed by atoms with Crippen molar-refractivity contribution in [3.8, 4) is 11.1 Å². The van der Waals surface area contributed by atoms with E-state index in [1.54, 1.807) is 11.9 Å². The average molecular weight is 417 g/mol. The first kappa shape index (κ1) is 20.4. The van der Waals surface area contributed by atoms with Crippen LogP contribution in [0.4, 0.5) is 11.4 Å². The molecule has 0 saturated heterocycles. The zero-order valence-corrected chi connectivity index (χ0v) is 18.8. The molecule has 1 aliphatic rings. The largest absolute Gasteiger partial charge is 0.374 e. The summed E-state index contributed by atoms with van der Waals surface area (Å²) < 4.78 is 5.66. The number of anilines is 2. The summed E-state index contributed by atoms with van der Waals surface area (Å²) in [5.41, 5.74) is 7.33. The Morgan fingerprint density at radius 3 is 2.60 bits per heavy atom. The highest BCUT2D eigenvalue weighted by Gasteiger charge is 2.19. The summed E-state index contributed by atoms with van der Waals surface area (Å²) in [6.07, 6.45) is 5.17. The third-order valence-corrected chi connectivity index (χ3v) is 6.23. The van der Waals surface area contributed by atoms with E-state index in [0.29, 0.717) is 0 Å². The number of hydrogen-bond donors (Lipinski definition) is 1. The molecule has 4 aromatic rings. The number of rotatable bonds is 4. The van der Waals surface area contributed by atoms with E-state index in [2.05, 4.69) is 88.0 Å². The van der Waals surface area contributed by atoms with E-state index in [0.717, 1.165) is 24.3 Å². The molecule has 0 fully saturated rings. The topological polar surface area (TPSA) is 33.1 Å². The third-order valence-electron chi connectivity index (χ3n) is 5.40. The second kappa shape index (κ2) is 8.84. The summed E-state index contributed by atoms with van der Waals surface area (Å²) in [5, 5.41) is 1.17. The van der Waals surface area contributed by atoms with Crippen LogP contribution in [0.25, 0.3) is 22.2 Å². The van der Waals surface area contributed by atoms with Gasteiger partial charge in [-0.1, -0.05) is 38.1 Å². The summed E-state index contributed by atoms with van der Waals surface area (Å²) in [4.78, 5) is 8.14. The number of aromatic nitrogens is 2. The fourth-order valence-electron chi connectivity index (χ4n) is 3.94. The predicted molar refractivity (Wildman–Crippen MR) is 130 cm³/mol. The number of nitrogens with zero attached hydrogens (tertiary/aromatic N) is 3. The van der Waals surface area contributed by atoms with Gasteiger partial charge in [0.1, 0.15) is 5.65 Å². The molecule has 4 nitrogen and oxygen atoms in total. The van der Waals surface area contributed by atoms with Gasteiger partial charge in [-0.25, -0.2) is 4.98 Å². The number of likely N-dealkylation sites (N-methyl/N-ethyl adjacent to an activating group) is 1. The quantitative estimate of drug-likeness (QED) is 0.391. The van der Waals surface area contributed by atoms with Crippen LogP contribution >= 0.6 is 11.9 Å². The average Bonchev–Trinajstić information content (AvgIpc) is 3.34. The van der Waals surface area contributed by atoms with Crippen molar-refractivity contribution in [3.63, 3.8) is 0 Å². The van der Waals surface area contributed by atoms with Gasteiger partial charge in [-0.15, -0.1) is 0 Å². The van der Waals surface area contributed by atoms with E-state index in [4.69, 9.17) is 0 Å². The fraction of sp³-hybridized carbons (Fsp3) is 0.240. The van der Waals surface area contributed by atoms with Gasteiger partial charge in [-0.05, 0) is 59.8 Å². The van der Waals surface area contributed by atoms with Crippen LogP contribution < -0.4 is 9.62 Å². The first-order chi connectivity index (χ1) is 14.7. The molecule has 2 aromatic carbocycles. The van der Waals surface area contributed by atoms with Crippen LogP contribution in [0.3, 0.4) is 0 Å². The highest BCUT2D eigenvalue weighted by Crippen LogP contribution is 2.38. The van der Waals surface area contributed by atoms with Crippen LogP contribution in [0.2, 0.25) is 0 Å². The van der Waals surface area contributed by atoms with Crippen LogP contribution in [0.15, 0.2) is 71.9 Å². The van der Waals surface area contributed by atoms with Crippen LogP contribution in [0.1, 0.15) is 19.4 Å². The highest BCUT2D eigenvalue weighted by molar-refractivity contribution is 8.00. The molecule has 1 aliphatic heterocycles. The summed E-state index contributed by atoms with van der Waals surface area (Å²) in [6.45, 7) is 5.09. The number of aryl methyl sites for hydroxylation is 1. The SMILES string of the molecule is CC.CN1CCc2cc(-c3cn(C)c4nccc(NSc5ccccc5)c34)ccc21. The van der Waals surface area contributed by atoms with Gasteiger partial charge < -0.3 is 14.2 Å². The van der Waals surface area contributed by atoms with Crippen molar-refractivity contribution in [1.82, 2.24) is 9.55 Å². The van der Waals surface area contributed by atoms with Crippen molar-refractivity contribution in [3.05, 3.63) is 72.6 Å². The maximum absolute atomic E-state index is 4.63. The Labute approximate surface area is 183 Å². The Balaban J connectivity index is 0.00000106. The van der Waals surface area contributed by atoms with Gasteiger partial charge in [0, 0.05) is 49.2 Å². The zero-order chi connectivity index (χ0) is 21.1. The van der Waals surface area contributed by atoms with Crippen LogP contribution in [0.5, 0.6) is 0 Å². The van der Waals surface area contributed by atoms with Crippen molar-refractivity contribution >= 4 is 34.4 Å². The molecule has 0 radical (unpaired) electrons. The van der Waals surface area contributed by atoms with Gasteiger partial charge in [-0.3, -0.25) is 0 Å². The van der Waals surface area contributed by atoms with E-state index in [1.807, 2.05) is 26.1 Å². The maximum Gasteiger partial charge on any atom is 0.142 e. The lowest BCUT2D eigenvalue weighted by molar-refractivity contribution is 0.949. The number of nitrogens with one attached hydrogen (secondary N) is 1. The molecule has 0 spiro atoms. The van der Waals surface area contributed by atoms with Gasteiger partial charge in [0.2, 0.25) is 0 Å². The number of hydrogen-bond acceptors (Lipinski definition) is 4. The minimum Gasteiger partial charge on any atom is -0.374 e. The lowest BCUT2D eigenvalue weighted by Gasteiger charge is -2.12.